The summed E-state index contributed by atoms with van der Waals surface area (Å²) in [6.07, 6.45) is -5.16. The quantitative estimate of drug-likeness (QED) is 0.678. The van der Waals surface area contributed by atoms with Crippen LogP contribution in [-0.2, 0) is 4.74 Å². The molecule has 2 unspecified atom stereocenters. The summed E-state index contributed by atoms with van der Waals surface area (Å²) in [6, 6.07) is 8.35. The third kappa shape index (κ3) is 4.84. The molecule has 0 heterocycles. The Hall–Kier alpha value is -1.07. The van der Waals surface area contributed by atoms with Crippen molar-refractivity contribution in [2.75, 3.05) is 6.61 Å². The number of rotatable bonds is 6. The Labute approximate surface area is 118 Å². The highest BCUT2D eigenvalue weighted by atomic mass is 79.9. The number of benzene rings is 1. The Bertz CT molecular complexity index is 428. The summed E-state index contributed by atoms with van der Waals surface area (Å²) in [5, 5.41) is 0. The second kappa shape index (κ2) is 6.91. The second-order valence-corrected chi connectivity index (χ2v) is 5.08. The maximum atomic E-state index is 13.1. The van der Waals surface area contributed by atoms with E-state index >= 15 is 0 Å². The van der Waals surface area contributed by atoms with Crippen molar-refractivity contribution in [3.05, 3.63) is 59.6 Å². The van der Waals surface area contributed by atoms with Crippen LogP contribution in [0.15, 0.2) is 54.0 Å². The summed E-state index contributed by atoms with van der Waals surface area (Å²) in [7, 11) is 0. The van der Waals surface area contributed by atoms with Crippen molar-refractivity contribution in [1.29, 1.82) is 0 Å². The van der Waals surface area contributed by atoms with E-state index in [4.69, 9.17) is 4.74 Å². The van der Waals surface area contributed by atoms with Crippen LogP contribution in [0.5, 0.6) is 0 Å². The highest BCUT2D eigenvalue weighted by Crippen LogP contribution is 2.35. The van der Waals surface area contributed by atoms with E-state index in [1.54, 1.807) is 30.3 Å². The predicted molar refractivity (Wildman–Crippen MR) is 73.2 cm³/mol. The normalized spacial score (nSPS) is 14.7. The molecular formula is C14H14BrF3O. The van der Waals surface area contributed by atoms with E-state index in [1.165, 1.54) is 6.08 Å². The molecule has 19 heavy (non-hydrogen) atoms. The zero-order chi connectivity index (χ0) is 14.5. The van der Waals surface area contributed by atoms with Gasteiger partial charge in [-0.1, -0.05) is 58.9 Å². The van der Waals surface area contributed by atoms with Gasteiger partial charge in [-0.05, 0) is 5.56 Å². The molecule has 0 aliphatic carbocycles. The maximum absolute atomic E-state index is 13.1. The molecule has 0 saturated heterocycles. The first-order valence-corrected chi connectivity index (χ1v) is 6.34. The lowest BCUT2D eigenvalue weighted by molar-refractivity contribution is -0.221. The van der Waals surface area contributed by atoms with Crippen LogP contribution in [-0.4, -0.2) is 18.9 Å². The minimum atomic E-state index is -4.48. The molecule has 1 aromatic rings. The van der Waals surface area contributed by atoms with Crippen LogP contribution < -0.4 is 0 Å². The van der Waals surface area contributed by atoms with Gasteiger partial charge < -0.3 is 4.74 Å². The van der Waals surface area contributed by atoms with Gasteiger partial charge in [0.25, 0.3) is 0 Å². The number of hydrogen-bond acceptors (Lipinski definition) is 1. The summed E-state index contributed by atoms with van der Waals surface area (Å²) >= 11 is 2.98. The fourth-order valence-corrected chi connectivity index (χ4v) is 1.82. The van der Waals surface area contributed by atoms with E-state index in [1.807, 2.05) is 0 Å². The molecule has 104 valence electrons. The van der Waals surface area contributed by atoms with Gasteiger partial charge in [0.05, 0.1) is 6.61 Å². The molecule has 2 atom stereocenters. The van der Waals surface area contributed by atoms with E-state index in [2.05, 4.69) is 29.1 Å². The monoisotopic (exact) mass is 334 g/mol. The lowest BCUT2D eigenvalue weighted by atomic mass is 9.93. The van der Waals surface area contributed by atoms with Gasteiger partial charge in [0.2, 0.25) is 0 Å². The minimum Gasteiger partial charge on any atom is -0.363 e. The van der Waals surface area contributed by atoms with Crippen LogP contribution in [0.25, 0.3) is 0 Å². The molecule has 0 amide bonds. The minimum absolute atomic E-state index is 0.207. The van der Waals surface area contributed by atoms with Gasteiger partial charge in [-0.3, -0.25) is 0 Å². The van der Waals surface area contributed by atoms with Crippen LogP contribution >= 0.6 is 15.9 Å². The molecule has 0 N–H and O–H groups in total. The maximum Gasteiger partial charge on any atom is 0.415 e. The van der Waals surface area contributed by atoms with Gasteiger partial charge in [0, 0.05) is 10.4 Å². The van der Waals surface area contributed by atoms with Gasteiger partial charge in [0.1, 0.15) is 0 Å². The van der Waals surface area contributed by atoms with Gasteiger partial charge in [-0.2, -0.15) is 13.2 Å². The zero-order valence-corrected chi connectivity index (χ0v) is 11.7. The smallest absolute Gasteiger partial charge is 0.363 e. The molecule has 1 aromatic carbocycles. The summed E-state index contributed by atoms with van der Waals surface area (Å²) < 4.78 is 44.5. The van der Waals surface area contributed by atoms with Crippen molar-refractivity contribution in [3.8, 4) is 0 Å². The fraction of sp³-hybridized carbons (Fsp3) is 0.286. The topological polar surface area (TPSA) is 9.23 Å². The van der Waals surface area contributed by atoms with Crippen molar-refractivity contribution in [3.63, 3.8) is 0 Å². The van der Waals surface area contributed by atoms with Crippen LogP contribution in [0.3, 0.4) is 0 Å². The number of ether oxygens (including phenoxy) is 1. The van der Waals surface area contributed by atoms with E-state index in [0.717, 1.165) is 0 Å². The third-order valence-corrected chi connectivity index (χ3v) is 2.74. The fourth-order valence-electron chi connectivity index (χ4n) is 1.69. The lowest BCUT2D eigenvalue weighted by Gasteiger charge is -2.27. The second-order valence-electron chi connectivity index (χ2n) is 3.96. The van der Waals surface area contributed by atoms with Crippen LogP contribution in [0, 0.1) is 0 Å². The Morgan fingerprint density at radius 3 is 2.32 bits per heavy atom. The van der Waals surface area contributed by atoms with Gasteiger partial charge in [-0.25, -0.2) is 0 Å². The Balaban J connectivity index is 3.00. The molecule has 0 saturated carbocycles. The number of halogens is 4. The SMILES string of the molecule is C=CC(c1ccccc1)C(OCC(=C)Br)C(F)(F)F. The van der Waals surface area contributed by atoms with E-state index in [-0.39, 0.29) is 6.61 Å². The summed E-state index contributed by atoms with van der Waals surface area (Å²) in [5.41, 5.74) is 0.514. The molecule has 0 spiro atoms. The predicted octanol–water partition coefficient (Wildman–Crippen LogP) is 4.81. The zero-order valence-electron chi connectivity index (χ0n) is 10.2. The Kier molecular flexibility index (Phi) is 5.82. The lowest BCUT2D eigenvalue weighted by Crippen LogP contribution is -2.37. The Morgan fingerprint density at radius 2 is 1.89 bits per heavy atom. The molecule has 1 rings (SSSR count). The average molecular weight is 335 g/mol. The molecule has 1 nitrogen and oxygen atoms in total. The Morgan fingerprint density at radius 1 is 1.32 bits per heavy atom. The molecule has 0 fully saturated rings. The van der Waals surface area contributed by atoms with Crippen molar-refractivity contribution >= 4 is 15.9 Å². The van der Waals surface area contributed by atoms with Gasteiger partial charge in [0.15, 0.2) is 6.10 Å². The summed E-state index contributed by atoms with van der Waals surface area (Å²) in [6.45, 7) is 6.74. The first kappa shape index (κ1) is 16.0. The highest BCUT2D eigenvalue weighted by molar-refractivity contribution is 9.11. The largest absolute Gasteiger partial charge is 0.415 e. The summed E-state index contributed by atoms with van der Waals surface area (Å²) in [5.74, 6) is -0.951. The van der Waals surface area contributed by atoms with Crippen LogP contribution in [0.1, 0.15) is 11.5 Å². The standard InChI is InChI=1S/C14H14BrF3O/c1-3-12(11-7-5-4-6-8-11)13(14(16,17)18)19-9-10(2)15/h3-8,12-13H,1-2,9H2. The van der Waals surface area contributed by atoms with Gasteiger partial charge in [-0.15, -0.1) is 6.58 Å². The number of alkyl halides is 3. The molecule has 0 aliphatic heterocycles. The van der Waals surface area contributed by atoms with E-state index < -0.39 is 18.2 Å². The molecular weight excluding hydrogens is 321 g/mol. The van der Waals surface area contributed by atoms with Crippen LogP contribution in [0.4, 0.5) is 13.2 Å². The van der Waals surface area contributed by atoms with Crippen LogP contribution in [0.2, 0.25) is 0 Å². The molecule has 0 bridgehead atoms. The highest BCUT2D eigenvalue weighted by Gasteiger charge is 2.45. The van der Waals surface area contributed by atoms with Crippen molar-refractivity contribution < 1.29 is 17.9 Å². The summed E-state index contributed by atoms with van der Waals surface area (Å²) in [4.78, 5) is 0. The molecule has 0 radical (unpaired) electrons. The molecule has 0 aromatic heterocycles. The number of hydrogen-bond donors (Lipinski definition) is 0. The molecule has 0 aliphatic rings. The van der Waals surface area contributed by atoms with E-state index in [0.29, 0.717) is 10.0 Å². The van der Waals surface area contributed by atoms with Crippen molar-refractivity contribution in [1.82, 2.24) is 0 Å². The van der Waals surface area contributed by atoms with Crippen molar-refractivity contribution in [2.24, 2.45) is 0 Å². The first-order chi connectivity index (χ1) is 8.86. The molecule has 5 heteroatoms. The van der Waals surface area contributed by atoms with E-state index in [9.17, 15) is 13.2 Å². The average Bonchev–Trinajstić information content (AvgIpc) is 2.33. The van der Waals surface area contributed by atoms with Gasteiger partial charge >= 0.3 is 6.18 Å². The first-order valence-electron chi connectivity index (χ1n) is 5.55. The third-order valence-electron chi connectivity index (χ3n) is 2.51. The van der Waals surface area contributed by atoms with Crippen molar-refractivity contribution in [2.45, 2.75) is 18.2 Å².